The summed E-state index contributed by atoms with van der Waals surface area (Å²) in [6, 6.07) is 2.08. The molecule has 4 aliphatic rings. The minimum atomic E-state index is -0.228. The van der Waals surface area contributed by atoms with Crippen molar-refractivity contribution in [1.29, 1.82) is 5.26 Å². The van der Waals surface area contributed by atoms with Gasteiger partial charge in [-0.2, -0.15) is 5.26 Å². The number of allylic oxidation sites excluding steroid dienone is 1. The smallest absolute Gasteiger partial charge is 0.261 e. The van der Waals surface area contributed by atoms with Gasteiger partial charge in [0.05, 0.1) is 0 Å². The topological polar surface area (TPSA) is 52.9 Å². The number of amides is 1. The molecule has 3 heteroatoms. The first-order valence-electron chi connectivity index (χ1n) is 6.99. The Balaban J connectivity index is 1.89. The van der Waals surface area contributed by atoms with Crippen molar-refractivity contribution in [3.05, 3.63) is 11.6 Å². The zero-order chi connectivity index (χ0) is 12.8. The van der Waals surface area contributed by atoms with E-state index in [2.05, 4.69) is 11.4 Å². The normalized spacial score (nSPS) is 41.6. The van der Waals surface area contributed by atoms with E-state index in [9.17, 15) is 4.79 Å². The van der Waals surface area contributed by atoms with Crippen molar-refractivity contribution in [2.45, 2.75) is 38.5 Å². The second-order valence-corrected chi connectivity index (χ2v) is 6.53. The minimum Gasteiger partial charge on any atom is -0.354 e. The van der Waals surface area contributed by atoms with Crippen LogP contribution in [0.5, 0.6) is 0 Å². The van der Waals surface area contributed by atoms with Gasteiger partial charge in [-0.3, -0.25) is 4.79 Å². The molecule has 0 spiro atoms. The molecule has 0 atom stereocenters. The fraction of sp³-hybridized carbons (Fsp3) is 0.733. The van der Waals surface area contributed by atoms with Crippen LogP contribution in [0.25, 0.3) is 0 Å². The van der Waals surface area contributed by atoms with Gasteiger partial charge in [0.25, 0.3) is 5.91 Å². The highest BCUT2D eigenvalue weighted by Crippen LogP contribution is 2.60. The van der Waals surface area contributed by atoms with Gasteiger partial charge >= 0.3 is 0 Å². The summed E-state index contributed by atoms with van der Waals surface area (Å²) in [6.07, 6.45) is 9.75. The summed E-state index contributed by atoms with van der Waals surface area (Å²) in [4.78, 5) is 11.7. The largest absolute Gasteiger partial charge is 0.354 e. The average molecular weight is 244 g/mol. The van der Waals surface area contributed by atoms with E-state index < -0.39 is 0 Å². The molecule has 1 N–H and O–H groups in total. The maximum Gasteiger partial charge on any atom is 0.261 e. The SMILES string of the molecule is CNC(=O)/C(C#N)=C/C12CC3CC(CC(C3)C1)C2. The minimum absolute atomic E-state index is 0.159. The second-order valence-electron chi connectivity index (χ2n) is 6.53. The van der Waals surface area contributed by atoms with Gasteiger partial charge in [0.1, 0.15) is 11.6 Å². The van der Waals surface area contributed by atoms with E-state index in [1.165, 1.54) is 38.5 Å². The van der Waals surface area contributed by atoms with Gasteiger partial charge in [-0.25, -0.2) is 0 Å². The number of nitriles is 1. The standard InChI is InChI=1S/C15H20N2O/c1-17-14(18)13(9-16)8-15-5-10-2-11(6-15)4-12(3-10)7-15/h8,10-12H,2-7H2,1H3,(H,17,18)/b13-8+. The maximum absolute atomic E-state index is 11.7. The molecule has 0 unspecified atom stereocenters. The highest BCUT2D eigenvalue weighted by atomic mass is 16.1. The van der Waals surface area contributed by atoms with Gasteiger partial charge in [0.2, 0.25) is 0 Å². The number of hydrogen-bond donors (Lipinski definition) is 1. The van der Waals surface area contributed by atoms with E-state index in [1.54, 1.807) is 7.05 Å². The van der Waals surface area contributed by atoms with E-state index in [1.807, 2.05) is 6.08 Å². The van der Waals surface area contributed by atoms with Crippen LogP contribution in [0.1, 0.15) is 38.5 Å². The molecule has 4 aliphatic carbocycles. The predicted octanol–water partition coefficient (Wildman–Crippen LogP) is 2.40. The molecule has 0 aromatic heterocycles. The molecular formula is C15H20N2O. The fourth-order valence-electron chi connectivity index (χ4n) is 4.94. The molecule has 0 aliphatic heterocycles. The molecule has 96 valence electrons. The Labute approximate surface area is 108 Å². The van der Waals surface area contributed by atoms with Gasteiger partial charge < -0.3 is 5.32 Å². The van der Waals surface area contributed by atoms with Crippen molar-refractivity contribution >= 4 is 5.91 Å². The van der Waals surface area contributed by atoms with E-state index >= 15 is 0 Å². The lowest BCUT2D eigenvalue weighted by Crippen LogP contribution is -2.45. The van der Waals surface area contributed by atoms with Crippen LogP contribution in [0.4, 0.5) is 0 Å². The third kappa shape index (κ3) is 1.84. The third-order valence-corrected chi connectivity index (χ3v) is 5.13. The monoisotopic (exact) mass is 244 g/mol. The molecule has 4 fully saturated rings. The molecular weight excluding hydrogens is 224 g/mol. The van der Waals surface area contributed by atoms with Crippen molar-refractivity contribution in [2.75, 3.05) is 7.05 Å². The summed E-state index contributed by atoms with van der Waals surface area (Å²) in [5.41, 5.74) is 0.478. The number of hydrogen-bond acceptors (Lipinski definition) is 2. The zero-order valence-corrected chi connectivity index (χ0v) is 10.9. The molecule has 4 rings (SSSR count). The molecule has 3 nitrogen and oxygen atoms in total. The summed E-state index contributed by atoms with van der Waals surface area (Å²) >= 11 is 0. The molecule has 0 aromatic carbocycles. The summed E-state index contributed by atoms with van der Waals surface area (Å²) in [6.45, 7) is 0. The van der Waals surface area contributed by atoms with Gasteiger partial charge in [0, 0.05) is 7.05 Å². The Morgan fingerprint density at radius 1 is 1.22 bits per heavy atom. The van der Waals surface area contributed by atoms with Crippen LogP contribution in [0.2, 0.25) is 0 Å². The molecule has 1 amide bonds. The van der Waals surface area contributed by atoms with Crippen molar-refractivity contribution in [3.8, 4) is 6.07 Å². The highest BCUT2D eigenvalue weighted by molar-refractivity contribution is 5.97. The lowest BCUT2D eigenvalue weighted by molar-refractivity contribution is -0.116. The number of carbonyl (C=O) groups is 1. The Hall–Kier alpha value is -1.30. The number of nitrogens with one attached hydrogen (secondary N) is 1. The van der Waals surface area contributed by atoms with E-state index in [4.69, 9.17) is 5.26 Å². The maximum atomic E-state index is 11.7. The summed E-state index contributed by atoms with van der Waals surface area (Å²) in [5, 5.41) is 11.7. The van der Waals surface area contributed by atoms with Gasteiger partial charge in [-0.1, -0.05) is 6.08 Å². The van der Waals surface area contributed by atoms with Gasteiger partial charge in [-0.05, 0) is 61.7 Å². The molecule has 0 radical (unpaired) electrons. The first kappa shape index (κ1) is 11.8. The number of rotatable bonds is 2. The van der Waals surface area contributed by atoms with Crippen molar-refractivity contribution < 1.29 is 4.79 Å². The number of carbonyl (C=O) groups excluding carboxylic acids is 1. The van der Waals surface area contributed by atoms with E-state index in [-0.39, 0.29) is 11.3 Å². The van der Waals surface area contributed by atoms with Crippen LogP contribution >= 0.6 is 0 Å². The molecule has 0 heterocycles. The highest BCUT2D eigenvalue weighted by Gasteiger charge is 2.50. The molecule has 18 heavy (non-hydrogen) atoms. The van der Waals surface area contributed by atoms with E-state index in [0.717, 1.165) is 17.8 Å². The van der Waals surface area contributed by atoms with Crippen LogP contribution in [0.3, 0.4) is 0 Å². The Morgan fingerprint density at radius 2 is 1.72 bits per heavy atom. The van der Waals surface area contributed by atoms with Gasteiger partial charge in [-0.15, -0.1) is 0 Å². The summed E-state index contributed by atoms with van der Waals surface area (Å²) in [7, 11) is 1.59. The van der Waals surface area contributed by atoms with E-state index in [0.29, 0.717) is 5.57 Å². The van der Waals surface area contributed by atoms with Crippen molar-refractivity contribution in [2.24, 2.45) is 23.2 Å². The Morgan fingerprint density at radius 3 is 2.11 bits per heavy atom. The molecule has 0 aromatic rings. The van der Waals surface area contributed by atoms with Crippen LogP contribution in [0.15, 0.2) is 11.6 Å². The lowest BCUT2D eigenvalue weighted by Gasteiger charge is -2.55. The quantitative estimate of drug-likeness (QED) is 0.599. The molecule has 4 saturated carbocycles. The number of likely N-dealkylation sites (N-methyl/N-ethyl adjacent to an activating group) is 1. The fourth-order valence-corrected chi connectivity index (χ4v) is 4.94. The van der Waals surface area contributed by atoms with Crippen LogP contribution < -0.4 is 5.32 Å². The Bertz CT molecular complexity index is 409. The molecule has 4 bridgehead atoms. The first-order valence-corrected chi connectivity index (χ1v) is 6.99. The number of nitrogens with zero attached hydrogens (tertiary/aromatic N) is 1. The van der Waals surface area contributed by atoms with Crippen LogP contribution in [-0.4, -0.2) is 13.0 Å². The molecule has 0 saturated heterocycles. The Kier molecular flexibility index (Phi) is 2.69. The first-order chi connectivity index (χ1) is 8.64. The van der Waals surface area contributed by atoms with Gasteiger partial charge in [0.15, 0.2) is 0 Å². The summed E-state index contributed by atoms with van der Waals surface area (Å²) in [5.74, 6) is 2.31. The summed E-state index contributed by atoms with van der Waals surface area (Å²) < 4.78 is 0. The zero-order valence-electron chi connectivity index (χ0n) is 10.9. The lowest BCUT2D eigenvalue weighted by atomic mass is 9.49. The average Bonchev–Trinajstić information content (AvgIpc) is 2.33. The van der Waals surface area contributed by atoms with Crippen LogP contribution in [-0.2, 0) is 4.79 Å². The third-order valence-electron chi connectivity index (χ3n) is 5.13. The predicted molar refractivity (Wildman–Crippen MR) is 68.4 cm³/mol. The van der Waals surface area contributed by atoms with Crippen LogP contribution in [0, 0.1) is 34.5 Å². The van der Waals surface area contributed by atoms with Crippen molar-refractivity contribution in [3.63, 3.8) is 0 Å². The van der Waals surface area contributed by atoms with Crippen molar-refractivity contribution in [1.82, 2.24) is 5.32 Å². The second kappa shape index (κ2) is 4.12.